The molecule has 0 aliphatic carbocycles. The van der Waals surface area contributed by atoms with Crippen molar-refractivity contribution in [3.63, 3.8) is 0 Å². The van der Waals surface area contributed by atoms with Gasteiger partial charge >= 0.3 is 0 Å². The van der Waals surface area contributed by atoms with Crippen LogP contribution in [-0.2, 0) is 14.8 Å². The van der Waals surface area contributed by atoms with E-state index in [2.05, 4.69) is 15.0 Å². The van der Waals surface area contributed by atoms with Crippen LogP contribution in [0.25, 0.3) is 0 Å². The van der Waals surface area contributed by atoms with Crippen LogP contribution in [-0.4, -0.2) is 25.1 Å². The number of amides is 1. The highest BCUT2D eigenvalue weighted by molar-refractivity contribution is 7.92. The molecule has 1 amide bonds. The Morgan fingerprint density at radius 2 is 2.00 bits per heavy atom. The van der Waals surface area contributed by atoms with Crippen LogP contribution >= 0.6 is 0 Å². The molecular formula is C16H18FN3O3S. The number of aromatic nitrogens is 1. The maximum atomic E-state index is 13.1. The average Bonchev–Trinajstić information content (AvgIpc) is 2.46. The van der Waals surface area contributed by atoms with Gasteiger partial charge in [0.2, 0.25) is 15.9 Å². The van der Waals surface area contributed by atoms with E-state index in [1.165, 1.54) is 25.1 Å². The summed E-state index contributed by atoms with van der Waals surface area (Å²) in [4.78, 5) is 16.1. The molecule has 0 radical (unpaired) electrons. The number of halogens is 1. The predicted octanol–water partition coefficient (Wildman–Crippen LogP) is 2.55. The van der Waals surface area contributed by atoms with Crippen LogP contribution in [0, 0.1) is 18.7 Å². The molecule has 0 spiro atoms. The van der Waals surface area contributed by atoms with Crippen molar-refractivity contribution in [2.45, 2.75) is 13.8 Å². The minimum Gasteiger partial charge on any atom is -0.326 e. The Morgan fingerprint density at radius 3 is 2.67 bits per heavy atom. The first-order chi connectivity index (χ1) is 11.2. The van der Waals surface area contributed by atoms with Crippen molar-refractivity contribution in [1.82, 2.24) is 4.98 Å². The second kappa shape index (κ2) is 7.39. The summed E-state index contributed by atoms with van der Waals surface area (Å²) in [7, 11) is -3.79. The van der Waals surface area contributed by atoms with Crippen LogP contribution in [0.5, 0.6) is 0 Å². The van der Waals surface area contributed by atoms with Crippen LogP contribution in [0.15, 0.2) is 42.6 Å². The van der Waals surface area contributed by atoms with Gasteiger partial charge in [-0.05, 0) is 37.3 Å². The summed E-state index contributed by atoms with van der Waals surface area (Å²) < 4.78 is 39.6. The van der Waals surface area contributed by atoms with Crippen LogP contribution in [0.4, 0.5) is 15.8 Å². The first-order valence-electron chi connectivity index (χ1n) is 7.25. The molecule has 2 rings (SSSR count). The van der Waals surface area contributed by atoms with E-state index in [-0.39, 0.29) is 5.69 Å². The van der Waals surface area contributed by atoms with Crippen LogP contribution in [0.1, 0.15) is 12.6 Å². The summed E-state index contributed by atoms with van der Waals surface area (Å²) in [6, 6.07) is 8.42. The van der Waals surface area contributed by atoms with E-state index in [4.69, 9.17) is 0 Å². The normalized spacial score (nSPS) is 12.5. The number of rotatable bonds is 6. The van der Waals surface area contributed by atoms with E-state index < -0.39 is 33.4 Å². The summed E-state index contributed by atoms with van der Waals surface area (Å²) in [6.07, 6.45) is 1.55. The first-order valence-corrected chi connectivity index (χ1v) is 8.90. The third-order valence-electron chi connectivity index (χ3n) is 3.18. The molecule has 1 aromatic heterocycles. The summed E-state index contributed by atoms with van der Waals surface area (Å²) in [5.74, 6) is -2.18. The zero-order valence-corrected chi connectivity index (χ0v) is 14.1. The molecule has 2 aromatic rings. The number of aryl methyl sites for hydroxylation is 1. The molecule has 8 heteroatoms. The molecule has 6 nitrogen and oxygen atoms in total. The zero-order chi connectivity index (χ0) is 17.7. The second-order valence-electron chi connectivity index (χ2n) is 5.47. The number of carbonyl (C=O) groups excluding carboxylic acids is 1. The molecule has 24 heavy (non-hydrogen) atoms. The topological polar surface area (TPSA) is 88.2 Å². The van der Waals surface area contributed by atoms with Gasteiger partial charge in [-0.15, -0.1) is 0 Å². The Morgan fingerprint density at radius 1 is 1.25 bits per heavy atom. The van der Waals surface area contributed by atoms with Crippen molar-refractivity contribution in [2.75, 3.05) is 15.8 Å². The number of pyridine rings is 1. The molecule has 0 saturated heterocycles. The van der Waals surface area contributed by atoms with Gasteiger partial charge in [0.05, 0.1) is 17.4 Å². The fourth-order valence-electron chi connectivity index (χ4n) is 2.07. The number of hydrogen-bond donors (Lipinski definition) is 2. The van der Waals surface area contributed by atoms with Gasteiger partial charge in [-0.25, -0.2) is 12.8 Å². The third-order valence-corrected chi connectivity index (χ3v) is 4.66. The molecule has 0 bridgehead atoms. The Bertz CT molecular complexity index is 840. The highest BCUT2D eigenvalue weighted by Gasteiger charge is 2.22. The van der Waals surface area contributed by atoms with Crippen LogP contribution in [0.3, 0.4) is 0 Å². The number of carbonyl (C=O) groups is 1. The Hall–Kier alpha value is -2.48. The zero-order valence-electron chi connectivity index (χ0n) is 13.3. The van der Waals surface area contributed by atoms with Gasteiger partial charge in [0.15, 0.2) is 0 Å². The minimum absolute atomic E-state index is 0.118. The number of benzene rings is 1. The molecule has 1 aromatic carbocycles. The number of sulfonamides is 1. The maximum absolute atomic E-state index is 13.1. The monoisotopic (exact) mass is 351 g/mol. The van der Waals surface area contributed by atoms with E-state index in [1.54, 1.807) is 25.3 Å². The standard InChI is InChI=1S/C16H18FN3O3S/c1-11(16(21)19-14-6-7-18-12(2)8-14)10-24(22,23)20-15-5-3-4-13(17)9-15/h3-9,11,20H,10H2,1-2H3,(H,18,19,21). The fourth-order valence-corrected chi connectivity index (χ4v) is 3.45. The van der Waals surface area contributed by atoms with E-state index in [1.807, 2.05) is 0 Å². The number of hydrogen-bond acceptors (Lipinski definition) is 4. The van der Waals surface area contributed by atoms with Gasteiger partial charge in [-0.2, -0.15) is 0 Å². The molecular weight excluding hydrogens is 333 g/mol. The third kappa shape index (κ3) is 5.31. The van der Waals surface area contributed by atoms with E-state index in [0.717, 1.165) is 11.8 Å². The summed E-state index contributed by atoms with van der Waals surface area (Å²) >= 11 is 0. The van der Waals surface area contributed by atoms with Gasteiger partial charge in [0, 0.05) is 17.6 Å². The summed E-state index contributed by atoms with van der Waals surface area (Å²) in [5, 5.41) is 2.65. The van der Waals surface area contributed by atoms with Gasteiger partial charge in [-0.3, -0.25) is 14.5 Å². The van der Waals surface area contributed by atoms with Crippen molar-refractivity contribution in [3.05, 3.63) is 54.1 Å². The lowest BCUT2D eigenvalue weighted by atomic mass is 10.2. The number of anilines is 2. The average molecular weight is 351 g/mol. The van der Waals surface area contributed by atoms with Gasteiger partial charge in [0.1, 0.15) is 5.82 Å². The van der Waals surface area contributed by atoms with Gasteiger partial charge < -0.3 is 5.32 Å². The lowest BCUT2D eigenvalue weighted by molar-refractivity contribution is -0.118. The van der Waals surface area contributed by atoms with Crippen molar-refractivity contribution in [2.24, 2.45) is 5.92 Å². The van der Waals surface area contributed by atoms with E-state index in [0.29, 0.717) is 5.69 Å². The van der Waals surface area contributed by atoms with E-state index in [9.17, 15) is 17.6 Å². The largest absolute Gasteiger partial charge is 0.326 e. The SMILES string of the molecule is Cc1cc(NC(=O)C(C)CS(=O)(=O)Nc2cccc(F)c2)ccn1. The van der Waals surface area contributed by atoms with E-state index >= 15 is 0 Å². The van der Waals surface area contributed by atoms with Crippen molar-refractivity contribution in [3.8, 4) is 0 Å². The summed E-state index contributed by atoms with van der Waals surface area (Å²) in [5.41, 5.74) is 1.41. The first kappa shape index (κ1) is 17.9. The molecule has 1 unspecified atom stereocenters. The van der Waals surface area contributed by atoms with Crippen molar-refractivity contribution >= 4 is 27.3 Å². The lowest BCUT2D eigenvalue weighted by Gasteiger charge is -2.14. The molecule has 0 saturated carbocycles. The summed E-state index contributed by atoms with van der Waals surface area (Å²) in [6.45, 7) is 3.29. The van der Waals surface area contributed by atoms with Gasteiger partial charge in [-0.1, -0.05) is 13.0 Å². The highest BCUT2D eigenvalue weighted by atomic mass is 32.2. The second-order valence-corrected chi connectivity index (χ2v) is 7.24. The Kier molecular flexibility index (Phi) is 5.50. The maximum Gasteiger partial charge on any atom is 0.233 e. The molecule has 0 fully saturated rings. The predicted molar refractivity (Wildman–Crippen MR) is 90.6 cm³/mol. The number of nitrogens with one attached hydrogen (secondary N) is 2. The molecule has 1 atom stereocenters. The van der Waals surface area contributed by atoms with Crippen LogP contribution in [0.2, 0.25) is 0 Å². The highest BCUT2D eigenvalue weighted by Crippen LogP contribution is 2.14. The Balaban J connectivity index is 1.99. The van der Waals surface area contributed by atoms with Crippen LogP contribution < -0.4 is 10.0 Å². The minimum atomic E-state index is -3.79. The quantitative estimate of drug-likeness (QED) is 0.837. The molecule has 2 N–H and O–H groups in total. The molecule has 0 aliphatic rings. The van der Waals surface area contributed by atoms with Crippen molar-refractivity contribution < 1.29 is 17.6 Å². The Labute approximate surface area is 140 Å². The smallest absolute Gasteiger partial charge is 0.233 e. The molecule has 1 heterocycles. The fraction of sp³-hybridized carbons (Fsp3) is 0.250. The molecule has 0 aliphatic heterocycles. The lowest BCUT2D eigenvalue weighted by Crippen LogP contribution is -2.29. The number of nitrogens with zero attached hydrogens (tertiary/aromatic N) is 1. The molecule has 128 valence electrons. The van der Waals surface area contributed by atoms with Crippen molar-refractivity contribution in [1.29, 1.82) is 0 Å². The van der Waals surface area contributed by atoms with Gasteiger partial charge in [0.25, 0.3) is 0 Å².